The monoisotopic (exact) mass is 1740 g/mol. The van der Waals surface area contributed by atoms with E-state index in [0.29, 0.717) is 103 Å². The molecule has 0 heterocycles. The second-order valence-electron chi connectivity index (χ2n) is 28.0. The van der Waals surface area contributed by atoms with Gasteiger partial charge in [-0.15, -0.1) is 0 Å². The molecule has 8 N–H and O–H groups in total. The van der Waals surface area contributed by atoms with Crippen molar-refractivity contribution in [1.82, 2.24) is 0 Å². The third kappa shape index (κ3) is 32.9. The number of ether oxygens (including phenoxy) is 4. The number of nitrogens with two attached hydrogens (primary N) is 2. The molecule has 28 nitrogen and oxygen atoms in total. The molecule has 0 aliphatic carbocycles. The van der Waals surface area contributed by atoms with E-state index in [1.165, 1.54) is 30.3 Å². The standard InChI is InChI=1S/C25H23NO4.C23H19NO4.C18H17NO5.C18H19NO3.C9H11NO2.C8H7NO4/c1-2-30-25(29)22-14-8-6-12-19(22)16-21(27)17-20-13-7-9-15-23(20)26-24(28)18-10-4-3-5-11-18;25-19(14-17-10-4-6-12-20(17)23(27)28)15-18-11-5-7-13-21(18)24-22(26)16-8-2-1-3-9-16;1-2-24-18(21)16-9-5-3-7-13(16)11-15(20)12-14-8-4-6-10-17(14)19(22)23;1-2-22-18(21)16-9-5-3-7-13(16)11-15(20)12-14-8-4-6-10-17(14)19;1-2-12-9(11)7-5-3-4-6-8(7)10;10-8(11)5-6-3-1-2-4-7(6)9(12)13/h3-15H,2,16-17H2,1H3,(H,26,28);1-13H,14-15H2,(H,24,26)(H,27,28);3-10H,2,11-12H2,1H3;3-10H,2,11-12,19H2,1H3;3-6H,2,10H2,1H3;1-4H,5H2,(H,10,11). The van der Waals surface area contributed by atoms with Crippen LogP contribution in [0.1, 0.15) is 150 Å². The lowest BCUT2D eigenvalue weighted by Gasteiger charge is -2.12. The molecule has 0 spiro atoms. The van der Waals surface area contributed by atoms with Gasteiger partial charge in [0.05, 0.1) is 70.5 Å². The summed E-state index contributed by atoms with van der Waals surface area (Å²) in [5.74, 6) is -4.68. The zero-order chi connectivity index (χ0) is 93.6. The van der Waals surface area contributed by atoms with E-state index in [9.17, 15) is 82.9 Å². The molecule has 28 heteroatoms. The maximum absolute atomic E-state index is 12.8. The molecule has 662 valence electrons. The van der Waals surface area contributed by atoms with Crippen LogP contribution in [-0.4, -0.2) is 117 Å². The van der Waals surface area contributed by atoms with Gasteiger partial charge in [-0.2, -0.15) is 0 Å². The molecule has 0 saturated carbocycles. The highest BCUT2D eigenvalue weighted by Gasteiger charge is 2.23. The minimum Gasteiger partial charge on any atom is -0.481 e. The number of nitrogens with zero attached hydrogens (tertiary/aromatic N) is 2. The summed E-state index contributed by atoms with van der Waals surface area (Å²) in [6, 6.07) is 85.3. The van der Waals surface area contributed by atoms with E-state index in [0.717, 1.165) is 11.1 Å². The number of benzene rings is 12. The van der Waals surface area contributed by atoms with Crippen LogP contribution in [0.5, 0.6) is 0 Å². The molecule has 0 bridgehead atoms. The van der Waals surface area contributed by atoms with Gasteiger partial charge in [-0.25, -0.2) is 24.0 Å². The molecule has 0 fully saturated rings. The van der Waals surface area contributed by atoms with E-state index < -0.39 is 39.7 Å². The third-order valence-corrected chi connectivity index (χ3v) is 18.7. The van der Waals surface area contributed by atoms with Gasteiger partial charge in [0.2, 0.25) is 0 Å². The average Bonchev–Trinajstić information content (AvgIpc) is 0.851. The van der Waals surface area contributed by atoms with Crippen LogP contribution >= 0.6 is 0 Å². The van der Waals surface area contributed by atoms with Crippen LogP contribution in [0.25, 0.3) is 0 Å². The summed E-state index contributed by atoms with van der Waals surface area (Å²) in [6.07, 6.45) is 0.431. The first-order chi connectivity index (χ1) is 62.1. The number of nitro benzene ring substituents is 2. The number of ketones is 4. The van der Waals surface area contributed by atoms with E-state index >= 15 is 0 Å². The third-order valence-electron chi connectivity index (χ3n) is 18.7. The number of para-hydroxylation sites is 6. The van der Waals surface area contributed by atoms with Gasteiger partial charge in [-0.1, -0.05) is 212 Å². The van der Waals surface area contributed by atoms with E-state index in [1.54, 1.807) is 246 Å². The molecule has 12 aromatic rings. The summed E-state index contributed by atoms with van der Waals surface area (Å²) >= 11 is 0. The molecule has 0 aliphatic rings. The van der Waals surface area contributed by atoms with E-state index in [2.05, 4.69) is 10.6 Å². The maximum atomic E-state index is 12.8. The SMILES string of the molecule is CCOC(=O)c1ccccc1CC(=O)Cc1ccccc1N.CCOC(=O)c1ccccc1CC(=O)Cc1ccccc1NC(=O)c1ccccc1.CCOC(=O)c1ccccc1CC(=O)Cc1ccccc1[N+](=O)[O-].CCOC(=O)c1ccccc1N.O=C(Cc1ccccc1NC(=O)c1ccccc1)Cc1ccccc1C(=O)O.O=C(O)Cc1ccccc1[N+](=O)[O-]. The Morgan fingerprint density at radius 2 is 0.519 bits per heavy atom. The Balaban J connectivity index is 0.000000217. The summed E-state index contributed by atoms with van der Waals surface area (Å²) in [7, 11) is 0. The van der Waals surface area contributed by atoms with Crippen molar-refractivity contribution in [3.05, 3.63) is 413 Å². The number of nitrogen functional groups attached to an aromatic ring is 2. The number of anilines is 4. The van der Waals surface area contributed by atoms with Gasteiger partial charge in [0, 0.05) is 109 Å². The van der Waals surface area contributed by atoms with Crippen molar-refractivity contribution in [2.45, 2.75) is 85.5 Å². The summed E-state index contributed by atoms with van der Waals surface area (Å²) in [5, 5.41) is 44.9. The van der Waals surface area contributed by atoms with Gasteiger partial charge >= 0.3 is 35.8 Å². The van der Waals surface area contributed by atoms with Gasteiger partial charge in [0.1, 0.15) is 23.1 Å². The minimum absolute atomic E-state index is 0.00893. The van der Waals surface area contributed by atoms with Gasteiger partial charge < -0.3 is 51.3 Å². The van der Waals surface area contributed by atoms with Crippen LogP contribution in [0.3, 0.4) is 0 Å². The number of esters is 4. The molecule has 12 rings (SSSR count). The Morgan fingerprint density at radius 3 is 0.845 bits per heavy atom. The number of carboxylic acid groups (broad SMARTS) is 2. The highest BCUT2D eigenvalue weighted by Crippen LogP contribution is 2.26. The van der Waals surface area contributed by atoms with Crippen LogP contribution in [-0.2, 0) is 101 Å². The number of carbonyl (C=O) groups is 12. The average molecular weight is 1750 g/mol. The number of hydrogen-bond acceptors (Lipinski definition) is 22. The van der Waals surface area contributed by atoms with Crippen LogP contribution in [0, 0.1) is 20.2 Å². The fourth-order valence-electron chi connectivity index (χ4n) is 12.7. The van der Waals surface area contributed by atoms with Gasteiger partial charge in [-0.3, -0.25) is 53.8 Å². The van der Waals surface area contributed by atoms with E-state index in [1.807, 2.05) is 54.6 Å². The first-order valence-corrected chi connectivity index (χ1v) is 40.7. The highest BCUT2D eigenvalue weighted by molar-refractivity contribution is 6.06. The second-order valence-corrected chi connectivity index (χ2v) is 28.0. The van der Waals surface area contributed by atoms with Gasteiger partial charge in [0.25, 0.3) is 23.2 Å². The molecule has 2 amide bonds. The lowest BCUT2D eigenvalue weighted by atomic mass is 9.98. The molecular formula is C101H96N6O22. The predicted molar refractivity (Wildman–Crippen MR) is 487 cm³/mol. The first kappa shape index (κ1) is 99.6. The largest absolute Gasteiger partial charge is 0.481 e. The van der Waals surface area contributed by atoms with Crippen LogP contribution in [0.4, 0.5) is 34.1 Å². The number of amides is 2. The molecule has 0 aromatic heterocycles. The predicted octanol–water partition coefficient (Wildman–Crippen LogP) is 17.1. The first-order valence-electron chi connectivity index (χ1n) is 40.7. The summed E-state index contributed by atoms with van der Waals surface area (Å²) in [5.41, 5.74) is 21.4. The van der Waals surface area contributed by atoms with Crippen molar-refractivity contribution in [3.8, 4) is 0 Å². The van der Waals surface area contributed by atoms with Gasteiger partial charge in [-0.05, 0) is 146 Å². The fraction of sp³-hybridized carbons (Fsp3) is 0.168. The quantitative estimate of drug-likeness (QED) is 0.00731. The van der Waals surface area contributed by atoms with Crippen molar-refractivity contribution in [1.29, 1.82) is 0 Å². The molecule has 12 aromatic carbocycles. The maximum Gasteiger partial charge on any atom is 0.340 e. The topological polar surface area (TPSA) is 445 Å². The van der Waals surface area contributed by atoms with E-state index in [4.69, 9.17) is 35.5 Å². The normalized spacial score (nSPS) is 10.1. The summed E-state index contributed by atoms with van der Waals surface area (Å²) in [6.45, 7) is 8.16. The smallest absolute Gasteiger partial charge is 0.340 e. The van der Waals surface area contributed by atoms with Crippen molar-refractivity contribution < 1.29 is 96.5 Å². The number of Topliss-reactive ketones (excluding diaryl/α,β-unsaturated/α-hetero) is 4. The van der Waals surface area contributed by atoms with Gasteiger partial charge in [0.15, 0.2) is 0 Å². The fourth-order valence-corrected chi connectivity index (χ4v) is 12.7. The molecular weight excluding hydrogens is 1650 g/mol. The number of carboxylic acids is 2. The number of hydrogen-bond donors (Lipinski definition) is 6. The number of aliphatic carboxylic acids is 1. The van der Waals surface area contributed by atoms with Crippen molar-refractivity contribution in [2.24, 2.45) is 0 Å². The number of aromatic carboxylic acids is 1. The van der Waals surface area contributed by atoms with Crippen LogP contribution < -0.4 is 22.1 Å². The summed E-state index contributed by atoms with van der Waals surface area (Å²) < 4.78 is 19.9. The number of carbonyl (C=O) groups excluding carboxylic acids is 10. The van der Waals surface area contributed by atoms with Crippen molar-refractivity contribution in [3.63, 3.8) is 0 Å². The molecule has 0 unspecified atom stereocenters. The summed E-state index contributed by atoms with van der Waals surface area (Å²) in [4.78, 5) is 164. The Hall–Kier alpha value is -16.5. The lowest BCUT2D eigenvalue weighted by Crippen LogP contribution is -2.16. The number of nitro groups is 2. The molecule has 0 saturated heterocycles. The second kappa shape index (κ2) is 52.8. The molecule has 0 atom stereocenters. The van der Waals surface area contributed by atoms with Crippen LogP contribution in [0.2, 0.25) is 0 Å². The Kier molecular flexibility index (Phi) is 40.8. The van der Waals surface area contributed by atoms with Crippen molar-refractivity contribution in [2.75, 3.05) is 48.5 Å². The minimum atomic E-state index is -1.07. The zero-order valence-corrected chi connectivity index (χ0v) is 71.2. The number of nitrogens with one attached hydrogen (secondary N) is 2. The molecule has 0 aliphatic heterocycles. The highest BCUT2D eigenvalue weighted by atomic mass is 16.6. The molecule has 129 heavy (non-hydrogen) atoms. The van der Waals surface area contributed by atoms with Crippen molar-refractivity contribution >= 4 is 105 Å². The van der Waals surface area contributed by atoms with E-state index in [-0.39, 0.29) is 134 Å². The zero-order valence-electron chi connectivity index (χ0n) is 71.2. The Bertz CT molecular complexity index is 5920. The molecule has 0 radical (unpaired) electrons. The number of rotatable bonds is 33. The Labute approximate surface area is 744 Å². The lowest BCUT2D eigenvalue weighted by molar-refractivity contribution is -0.385. The van der Waals surface area contributed by atoms with Crippen LogP contribution in [0.15, 0.2) is 303 Å². The Morgan fingerprint density at radius 1 is 0.279 bits per heavy atom.